The molecule has 0 fully saturated rings. The molecule has 5 rings (SSSR count). The van der Waals surface area contributed by atoms with E-state index in [0.29, 0.717) is 21.1 Å². The Morgan fingerprint density at radius 2 is 1.74 bits per heavy atom. The molecular formula is C31H28Cl2N6O6S. The third-order valence-electron chi connectivity index (χ3n) is 6.94. The fourth-order valence-electron chi connectivity index (χ4n) is 4.61. The van der Waals surface area contributed by atoms with Crippen LogP contribution in [0.15, 0.2) is 78.1 Å². The lowest BCUT2D eigenvalue weighted by atomic mass is 10.0. The Labute approximate surface area is 274 Å². The molecule has 12 nitrogen and oxygen atoms in total. The summed E-state index contributed by atoms with van der Waals surface area (Å²) in [7, 11) is -3.28. The van der Waals surface area contributed by atoms with Gasteiger partial charge in [0.2, 0.25) is 0 Å². The van der Waals surface area contributed by atoms with E-state index in [2.05, 4.69) is 15.3 Å². The monoisotopic (exact) mass is 682 g/mol. The van der Waals surface area contributed by atoms with Crippen molar-refractivity contribution in [3.8, 4) is 5.75 Å². The quantitative estimate of drug-likeness (QED) is 0.126. The van der Waals surface area contributed by atoms with Gasteiger partial charge in [-0.1, -0.05) is 40.9 Å². The Morgan fingerprint density at radius 1 is 1.02 bits per heavy atom. The molecule has 0 radical (unpaired) electrons. The third kappa shape index (κ3) is 6.49. The van der Waals surface area contributed by atoms with Crippen molar-refractivity contribution >= 4 is 73.4 Å². The number of urea groups is 1. The largest absolute Gasteiger partial charge is 0.494 e. The van der Waals surface area contributed by atoms with E-state index in [1.54, 1.807) is 29.8 Å². The second-order valence-electron chi connectivity index (χ2n) is 10.4. The smallest absolute Gasteiger partial charge is 0.351 e. The minimum absolute atomic E-state index is 0.0143. The Hall–Kier alpha value is -4.69. The summed E-state index contributed by atoms with van der Waals surface area (Å²) in [6.45, 7) is 5.64. The van der Waals surface area contributed by atoms with Gasteiger partial charge >= 0.3 is 16.1 Å². The number of nitrogens with zero attached hydrogens (tertiary/aromatic N) is 4. The van der Waals surface area contributed by atoms with Crippen LogP contribution in [0, 0.1) is 6.92 Å². The van der Waals surface area contributed by atoms with Crippen LogP contribution in [-0.4, -0.2) is 41.9 Å². The zero-order chi connectivity index (χ0) is 33.3. The summed E-state index contributed by atoms with van der Waals surface area (Å²) in [6.07, 6.45) is 2.93. The van der Waals surface area contributed by atoms with Gasteiger partial charge in [0.15, 0.2) is 5.78 Å². The summed E-state index contributed by atoms with van der Waals surface area (Å²) >= 11 is 12.3. The number of nitrogen functional groups attached to an aromatic ring is 1. The van der Waals surface area contributed by atoms with Gasteiger partial charge in [-0.2, -0.15) is 8.42 Å². The van der Waals surface area contributed by atoms with Crippen molar-refractivity contribution in [2.75, 3.05) is 23.2 Å². The highest BCUT2D eigenvalue weighted by Crippen LogP contribution is 2.35. The summed E-state index contributed by atoms with van der Waals surface area (Å²) in [5, 5.41) is 3.75. The molecule has 0 spiro atoms. The summed E-state index contributed by atoms with van der Waals surface area (Å²) in [5.41, 5.74) is 7.62. The number of nitrogens with one attached hydrogen (secondary N) is 1. The van der Waals surface area contributed by atoms with Crippen molar-refractivity contribution in [2.45, 2.75) is 31.7 Å². The molecule has 0 saturated heterocycles. The predicted octanol–water partition coefficient (Wildman–Crippen LogP) is 6.81. The lowest BCUT2D eigenvalue weighted by molar-refractivity contribution is 0.104. The highest BCUT2D eigenvalue weighted by molar-refractivity contribution is 7.86. The first-order valence-corrected chi connectivity index (χ1v) is 15.9. The van der Waals surface area contributed by atoms with Crippen LogP contribution in [0.4, 0.5) is 22.0 Å². The van der Waals surface area contributed by atoms with Crippen LogP contribution in [-0.2, 0) is 14.4 Å². The second-order valence-corrected chi connectivity index (χ2v) is 12.8. The number of amides is 2. The normalized spacial score (nSPS) is 11.5. The van der Waals surface area contributed by atoms with Crippen LogP contribution >= 0.6 is 23.2 Å². The molecule has 2 heterocycles. The first kappa shape index (κ1) is 32.7. The molecule has 0 saturated carbocycles. The van der Waals surface area contributed by atoms with Crippen molar-refractivity contribution in [2.24, 2.45) is 0 Å². The summed E-state index contributed by atoms with van der Waals surface area (Å²) < 4.78 is 39.6. The Balaban J connectivity index is 1.63. The number of benzene rings is 3. The average Bonchev–Trinajstić information content (AvgIpc) is 3.42. The Morgan fingerprint density at radius 3 is 2.39 bits per heavy atom. The van der Waals surface area contributed by atoms with Crippen molar-refractivity contribution in [1.82, 2.24) is 14.5 Å². The minimum atomic E-state index is -4.60. The summed E-state index contributed by atoms with van der Waals surface area (Å²) in [4.78, 5) is 36.0. The van der Waals surface area contributed by atoms with Gasteiger partial charge in [-0.25, -0.2) is 14.8 Å². The first-order valence-electron chi connectivity index (χ1n) is 13.7. The number of hydrogen-bond donors (Lipinski definition) is 2. The van der Waals surface area contributed by atoms with Gasteiger partial charge in [0.1, 0.15) is 29.2 Å². The van der Waals surface area contributed by atoms with Crippen molar-refractivity contribution in [3.05, 3.63) is 99.9 Å². The highest BCUT2D eigenvalue weighted by atomic mass is 35.5. The van der Waals surface area contributed by atoms with Crippen LogP contribution in [0.25, 0.3) is 11.0 Å². The number of ketones is 1. The molecule has 46 heavy (non-hydrogen) atoms. The first-order chi connectivity index (χ1) is 21.8. The molecule has 0 aliphatic heterocycles. The molecule has 0 unspecified atom stereocenters. The molecule has 0 atom stereocenters. The van der Waals surface area contributed by atoms with Crippen molar-refractivity contribution in [3.63, 3.8) is 0 Å². The van der Waals surface area contributed by atoms with Gasteiger partial charge in [0.05, 0.1) is 33.7 Å². The molecule has 5 aromatic rings. The number of methoxy groups -OCH3 is 1. The van der Waals surface area contributed by atoms with E-state index in [0.717, 1.165) is 5.56 Å². The van der Waals surface area contributed by atoms with E-state index in [-0.39, 0.29) is 50.0 Å². The Kier molecular flexibility index (Phi) is 9.22. The van der Waals surface area contributed by atoms with Gasteiger partial charge in [-0.15, -0.1) is 9.35 Å². The summed E-state index contributed by atoms with van der Waals surface area (Å²) in [5.74, 6) is -0.382. The average molecular weight is 684 g/mol. The van der Waals surface area contributed by atoms with E-state index in [1.165, 1.54) is 62.0 Å². The lowest BCUT2D eigenvalue weighted by Crippen LogP contribution is -2.37. The molecule has 3 aromatic carbocycles. The molecular weight excluding hydrogens is 655 g/mol. The van der Waals surface area contributed by atoms with Crippen LogP contribution in [0.3, 0.4) is 0 Å². The fourth-order valence-corrected chi connectivity index (χ4v) is 5.96. The van der Waals surface area contributed by atoms with Crippen LogP contribution in [0.2, 0.25) is 10.0 Å². The number of fused-ring (bicyclic) bond motifs is 1. The SMILES string of the molecule is COc1ccc(C(=O)c2cn(C(C)C)c3ncnc(N)c23)cc1N(OS(=O)(=O)c1ccc(C)cc1)C(=O)Nc1ccc(Cl)cc1Cl. The number of hydroxylamine groups is 1. The van der Waals surface area contributed by atoms with Gasteiger partial charge in [-0.05, 0) is 69.3 Å². The van der Waals surface area contributed by atoms with E-state index in [4.69, 9.17) is 38.0 Å². The molecule has 2 amide bonds. The second kappa shape index (κ2) is 13.0. The van der Waals surface area contributed by atoms with E-state index in [9.17, 15) is 18.0 Å². The number of halogens is 2. The van der Waals surface area contributed by atoms with Crippen molar-refractivity contribution < 1.29 is 27.0 Å². The molecule has 238 valence electrons. The predicted molar refractivity (Wildman–Crippen MR) is 176 cm³/mol. The van der Waals surface area contributed by atoms with Gasteiger partial charge in [-0.3, -0.25) is 4.79 Å². The van der Waals surface area contributed by atoms with Crippen LogP contribution < -0.4 is 20.9 Å². The number of carbonyl (C=O) groups is 2. The number of ether oxygens (including phenoxy) is 1. The molecule has 0 bridgehead atoms. The van der Waals surface area contributed by atoms with Gasteiger partial charge in [0, 0.05) is 22.8 Å². The van der Waals surface area contributed by atoms with Crippen molar-refractivity contribution in [1.29, 1.82) is 0 Å². The standard InChI is InChI=1S/C31H28Cl2N6O6S/c1-17(2)38-15-22(27-29(34)35-16-36-30(27)38)28(40)19-7-12-26(44-4)25(13-19)39(31(41)37-24-11-8-20(32)14-23(24)33)45-46(42,43)21-9-5-18(3)6-10-21/h5-17H,1-4H3,(H,37,41)(H2,34,35,36). The number of aryl methyl sites for hydroxylation is 1. The number of aromatic nitrogens is 3. The highest BCUT2D eigenvalue weighted by Gasteiger charge is 2.31. The zero-order valence-corrected chi connectivity index (χ0v) is 27.3. The summed E-state index contributed by atoms with van der Waals surface area (Å²) in [6, 6.07) is 13.2. The van der Waals surface area contributed by atoms with E-state index < -0.39 is 21.9 Å². The van der Waals surface area contributed by atoms with Gasteiger partial charge in [0.25, 0.3) is 0 Å². The van der Waals surface area contributed by atoms with Crippen LogP contribution in [0.1, 0.15) is 41.4 Å². The number of anilines is 3. The lowest BCUT2D eigenvalue weighted by Gasteiger charge is -2.24. The zero-order valence-electron chi connectivity index (χ0n) is 25.0. The third-order valence-corrected chi connectivity index (χ3v) is 8.68. The fraction of sp³-hybridized carbons (Fsp3) is 0.161. The number of nitrogens with two attached hydrogens (primary N) is 1. The minimum Gasteiger partial charge on any atom is -0.494 e. The van der Waals surface area contributed by atoms with Gasteiger partial charge < -0.3 is 20.4 Å². The maximum atomic E-state index is 14.0. The topological polar surface area (TPSA) is 159 Å². The molecule has 15 heteroatoms. The maximum absolute atomic E-state index is 14.0. The number of hydrogen-bond acceptors (Lipinski definition) is 9. The molecule has 3 N–H and O–H groups in total. The molecule has 0 aliphatic rings. The Bertz CT molecular complexity index is 2080. The van der Waals surface area contributed by atoms with E-state index >= 15 is 0 Å². The van der Waals surface area contributed by atoms with E-state index in [1.807, 2.05) is 13.8 Å². The van der Waals surface area contributed by atoms with Crippen LogP contribution in [0.5, 0.6) is 5.75 Å². The maximum Gasteiger partial charge on any atom is 0.351 e. The number of carbonyl (C=O) groups excluding carboxylic acids is 2. The molecule has 0 aliphatic carbocycles. The number of rotatable bonds is 9. The molecule has 2 aromatic heterocycles.